The van der Waals surface area contributed by atoms with Crippen molar-refractivity contribution in [2.75, 3.05) is 20.1 Å². The highest BCUT2D eigenvalue weighted by Gasteiger charge is 2.36. The Morgan fingerprint density at radius 2 is 1.83 bits per heavy atom. The third kappa shape index (κ3) is 5.34. The van der Waals surface area contributed by atoms with Crippen LogP contribution in [0.5, 0.6) is 0 Å². The van der Waals surface area contributed by atoms with Gasteiger partial charge in [-0.05, 0) is 36.6 Å². The number of likely N-dealkylation sites (tertiary alicyclic amines) is 1. The first kappa shape index (κ1) is 24.0. The molecular formula is C26H28N4O5. The fourth-order valence-electron chi connectivity index (χ4n) is 4.48. The van der Waals surface area contributed by atoms with Gasteiger partial charge in [0, 0.05) is 42.7 Å². The monoisotopic (exact) mass is 476 g/mol. The van der Waals surface area contributed by atoms with Crippen molar-refractivity contribution in [2.24, 2.45) is 0 Å². The molecule has 9 heteroatoms. The molecule has 0 saturated carbocycles. The van der Waals surface area contributed by atoms with Crippen LogP contribution in [-0.2, 0) is 16.0 Å². The van der Waals surface area contributed by atoms with Crippen LogP contribution in [-0.4, -0.2) is 75.8 Å². The summed E-state index contributed by atoms with van der Waals surface area (Å²) in [6.45, 7) is 0.0710. The van der Waals surface area contributed by atoms with Crippen LogP contribution in [0.2, 0.25) is 0 Å². The van der Waals surface area contributed by atoms with Crippen LogP contribution in [0.25, 0.3) is 10.9 Å². The summed E-state index contributed by atoms with van der Waals surface area (Å²) >= 11 is 0. The maximum absolute atomic E-state index is 13.4. The van der Waals surface area contributed by atoms with Gasteiger partial charge in [-0.3, -0.25) is 9.59 Å². The van der Waals surface area contributed by atoms with Gasteiger partial charge < -0.3 is 25.2 Å². The number of urea groups is 1. The van der Waals surface area contributed by atoms with Gasteiger partial charge in [0.1, 0.15) is 6.04 Å². The van der Waals surface area contributed by atoms with E-state index in [0.29, 0.717) is 24.9 Å². The van der Waals surface area contributed by atoms with E-state index in [1.54, 1.807) is 30.3 Å². The molecule has 2 atom stereocenters. The number of carboxylic acids is 1. The van der Waals surface area contributed by atoms with Crippen molar-refractivity contribution in [3.05, 3.63) is 71.9 Å². The molecule has 0 bridgehead atoms. The van der Waals surface area contributed by atoms with Crippen molar-refractivity contribution in [3.63, 3.8) is 0 Å². The molecule has 2 heterocycles. The SMILES string of the molecule is CN(CC(=O)C(Cc1c[nH]c2ccccc12)NC(=O)c1ccccc1)C(=O)N1CCC[C@H]1C(=O)O. The topological polar surface area (TPSA) is 123 Å². The standard InChI is InChI=1S/C26H28N4O5/c1-29(26(35)30-13-7-12-22(30)25(33)34)16-23(31)21(28-24(32)17-8-3-2-4-9-17)14-18-15-27-20-11-6-5-10-19(18)20/h2-6,8-11,15,21-22,27H,7,12-14,16H2,1H3,(H,28,32)(H,33,34)/t21?,22-/m0/s1. The van der Waals surface area contributed by atoms with Gasteiger partial charge in [-0.1, -0.05) is 36.4 Å². The Morgan fingerprint density at radius 3 is 2.57 bits per heavy atom. The van der Waals surface area contributed by atoms with Gasteiger partial charge in [-0.2, -0.15) is 0 Å². The Bertz CT molecular complexity index is 1240. The van der Waals surface area contributed by atoms with Crippen molar-refractivity contribution in [1.82, 2.24) is 20.1 Å². The Hall–Kier alpha value is -4.14. The first-order valence-corrected chi connectivity index (χ1v) is 11.5. The Kier molecular flexibility index (Phi) is 7.14. The largest absolute Gasteiger partial charge is 0.480 e. The molecule has 0 spiro atoms. The number of carbonyl (C=O) groups excluding carboxylic acids is 3. The zero-order valence-corrected chi connectivity index (χ0v) is 19.4. The second-order valence-electron chi connectivity index (χ2n) is 8.75. The lowest BCUT2D eigenvalue weighted by molar-refractivity contribution is -0.141. The summed E-state index contributed by atoms with van der Waals surface area (Å²) in [7, 11) is 1.47. The lowest BCUT2D eigenvalue weighted by atomic mass is 10.0. The van der Waals surface area contributed by atoms with Crippen molar-refractivity contribution in [2.45, 2.75) is 31.3 Å². The van der Waals surface area contributed by atoms with Crippen LogP contribution in [0.4, 0.5) is 4.79 Å². The number of para-hydroxylation sites is 1. The number of carbonyl (C=O) groups is 4. The van der Waals surface area contributed by atoms with Crippen LogP contribution in [0, 0.1) is 0 Å². The smallest absolute Gasteiger partial charge is 0.326 e. The van der Waals surface area contributed by atoms with E-state index in [1.165, 1.54) is 16.8 Å². The van der Waals surface area contributed by atoms with Crippen LogP contribution in [0.1, 0.15) is 28.8 Å². The number of amides is 3. The Morgan fingerprint density at radius 1 is 1.11 bits per heavy atom. The Balaban J connectivity index is 1.52. The van der Waals surface area contributed by atoms with Crippen LogP contribution >= 0.6 is 0 Å². The highest BCUT2D eigenvalue weighted by atomic mass is 16.4. The molecule has 1 unspecified atom stereocenters. The average Bonchev–Trinajstić information content (AvgIpc) is 3.51. The number of aliphatic carboxylic acids is 1. The molecule has 0 aliphatic carbocycles. The van der Waals surface area contributed by atoms with Gasteiger partial charge in [0.2, 0.25) is 0 Å². The maximum Gasteiger partial charge on any atom is 0.326 e. The summed E-state index contributed by atoms with van der Waals surface area (Å²) in [6, 6.07) is 14.0. The minimum absolute atomic E-state index is 0.241. The highest BCUT2D eigenvalue weighted by Crippen LogP contribution is 2.21. The van der Waals surface area contributed by atoms with Crippen molar-refractivity contribution < 1.29 is 24.3 Å². The van der Waals surface area contributed by atoms with E-state index in [2.05, 4.69) is 10.3 Å². The van der Waals surface area contributed by atoms with Gasteiger partial charge in [0.25, 0.3) is 5.91 Å². The zero-order chi connectivity index (χ0) is 24.9. The molecular weight excluding hydrogens is 448 g/mol. The molecule has 3 N–H and O–H groups in total. The van der Waals surface area contributed by atoms with E-state index in [0.717, 1.165) is 16.5 Å². The van der Waals surface area contributed by atoms with Crippen molar-refractivity contribution in [3.8, 4) is 0 Å². The number of ketones is 1. The van der Waals surface area contributed by atoms with Crippen LogP contribution in [0.15, 0.2) is 60.8 Å². The number of likely N-dealkylation sites (N-methyl/N-ethyl adjacent to an activating group) is 1. The molecule has 1 fully saturated rings. The van der Waals surface area contributed by atoms with Gasteiger partial charge in [0.05, 0.1) is 12.6 Å². The quantitative estimate of drug-likeness (QED) is 0.461. The molecule has 1 aliphatic rings. The van der Waals surface area contributed by atoms with Gasteiger partial charge in [0.15, 0.2) is 5.78 Å². The highest BCUT2D eigenvalue weighted by molar-refractivity contribution is 5.99. The number of aromatic nitrogens is 1. The molecule has 2 aromatic carbocycles. The van der Waals surface area contributed by atoms with E-state index >= 15 is 0 Å². The van der Waals surface area contributed by atoms with Gasteiger partial charge in [-0.25, -0.2) is 9.59 Å². The summed E-state index contributed by atoms with van der Waals surface area (Å²) in [5.74, 6) is -1.78. The van der Waals surface area contributed by atoms with E-state index < -0.39 is 24.1 Å². The molecule has 182 valence electrons. The molecule has 1 aliphatic heterocycles. The third-order valence-electron chi connectivity index (χ3n) is 6.33. The first-order chi connectivity index (χ1) is 16.8. The number of nitrogens with one attached hydrogen (secondary N) is 2. The summed E-state index contributed by atoms with van der Waals surface area (Å²) < 4.78 is 0. The minimum Gasteiger partial charge on any atom is -0.480 e. The van der Waals surface area contributed by atoms with Crippen LogP contribution < -0.4 is 5.32 Å². The summed E-state index contributed by atoms with van der Waals surface area (Å²) in [4.78, 5) is 56.3. The molecule has 4 rings (SSSR count). The fraction of sp³-hybridized carbons (Fsp3) is 0.308. The number of benzene rings is 2. The van der Waals surface area contributed by atoms with Crippen LogP contribution in [0.3, 0.4) is 0 Å². The van der Waals surface area contributed by atoms with Crippen molar-refractivity contribution in [1.29, 1.82) is 0 Å². The molecule has 1 saturated heterocycles. The van der Waals surface area contributed by atoms with E-state index in [-0.39, 0.29) is 24.7 Å². The zero-order valence-electron chi connectivity index (χ0n) is 19.4. The predicted molar refractivity (Wildman–Crippen MR) is 130 cm³/mol. The van der Waals surface area contributed by atoms with Gasteiger partial charge >= 0.3 is 12.0 Å². The minimum atomic E-state index is -1.05. The third-order valence-corrected chi connectivity index (χ3v) is 6.33. The van der Waals surface area contributed by atoms with E-state index in [1.807, 2.05) is 30.5 Å². The van der Waals surface area contributed by atoms with Gasteiger partial charge in [-0.15, -0.1) is 0 Å². The normalized spacial score (nSPS) is 16.1. The van der Waals surface area contributed by atoms with E-state index in [9.17, 15) is 24.3 Å². The molecule has 3 amide bonds. The molecule has 1 aromatic heterocycles. The molecule has 35 heavy (non-hydrogen) atoms. The lowest BCUT2D eigenvalue weighted by Gasteiger charge is -2.28. The number of aromatic amines is 1. The number of hydrogen-bond acceptors (Lipinski definition) is 4. The first-order valence-electron chi connectivity index (χ1n) is 11.5. The maximum atomic E-state index is 13.4. The number of carboxylic acid groups (broad SMARTS) is 1. The van der Waals surface area contributed by atoms with E-state index in [4.69, 9.17) is 0 Å². The number of hydrogen-bond donors (Lipinski definition) is 3. The average molecular weight is 477 g/mol. The lowest BCUT2D eigenvalue weighted by Crippen LogP contribution is -2.51. The molecule has 3 aromatic rings. The predicted octanol–water partition coefficient (Wildman–Crippen LogP) is 2.68. The summed E-state index contributed by atoms with van der Waals surface area (Å²) in [5.41, 5.74) is 2.21. The second kappa shape index (κ2) is 10.4. The molecule has 9 nitrogen and oxygen atoms in total. The number of nitrogens with zero attached hydrogens (tertiary/aromatic N) is 2. The number of H-pyrrole nitrogens is 1. The summed E-state index contributed by atoms with van der Waals surface area (Å²) in [5, 5.41) is 13.2. The number of rotatable bonds is 8. The van der Waals surface area contributed by atoms with Crippen molar-refractivity contribution >= 4 is 34.6 Å². The Labute approximate surface area is 202 Å². The number of Topliss-reactive ketones (excluding diaryl/α,β-unsaturated/α-hetero) is 1. The fourth-order valence-corrected chi connectivity index (χ4v) is 4.48. The number of fused-ring (bicyclic) bond motifs is 1. The summed E-state index contributed by atoms with van der Waals surface area (Å²) in [6.07, 6.45) is 3.04. The second-order valence-corrected chi connectivity index (χ2v) is 8.75. The molecule has 0 radical (unpaired) electrons.